The Bertz CT molecular complexity index is 858. The molecule has 0 unspecified atom stereocenters. The van der Waals surface area contributed by atoms with Crippen LogP contribution in [0.25, 0.3) is 5.69 Å². The van der Waals surface area contributed by atoms with Crippen molar-refractivity contribution in [2.24, 2.45) is 23.7 Å². The van der Waals surface area contributed by atoms with E-state index in [0.29, 0.717) is 23.4 Å². The summed E-state index contributed by atoms with van der Waals surface area (Å²) in [6.07, 6.45) is 9.78. The number of hydrogen-bond acceptors (Lipinski definition) is 3. The zero-order valence-corrected chi connectivity index (χ0v) is 15.0. The second-order valence-electron chi connectivity index (χ2n) is 8.46. The largest absolute Gasteiger partial charge is 0.478 e. The van der Waals surface area contributed by atoms with E-state index in [9.17, 15) is 9.59 Å². The average molecular weight is 365 g/mol. The number of nitrogens with zero attached hydrogens (tertiary/aromatic N) is 2. The molecule has 6 rings (SSSR count). The van der Waals surface area contributed by atoms with Gasteiger partial charge in [-0.15, -0.1) is 0 Å². The van der Waals surface area contributed by atoms with Crippen LogP contribution in [0, 0.1) is 23.7 Å². The highest BCUT2D eigenvalue weighted by molar-refractivity contribution is 5.94. The van der Waals surface area contributed by atoms with Crippen molar-refractivity contribution in [1.29, 1.82) is 0 Å². The molecule has 0 saturated heterocycles. The van der Waals surface area contributed by atoms with Crippen LogP contribution in [0.5, 0.6) is 0 Å². The van der Waals surface area contributed by atoms with Crippen LogP contribution in [0.2, 0.25) is 0 Å². The lowest BCUT2D eigenvalue weighted by Gasteiger charge is -2.54. The molecule has 1 aromatic heterocycles. The molecular weight excluding hydrogens is 342 g/mol. The van der Waals surface area contributed by atoms with E-state index in [4.69, 9.17) is 5.11 Å². The van der Waals surface area contributed by atoms with E-state index >= 15 is 0 Å². The maximum absolute atomic E-state index is 12.8. The van der Waals surface area contributed by atoms with Gasteiger partial charge in [0.2, 0.25) is 0 Å². The predicted octanol–water partition coefficient (Wildman–Crippen LogP) is 3.13. The maximum Gasteiger partial charge on any atom is 0.335 e. The molecule has 4 saturated carbocycles. The minimum absolute atomic E-state index is 0.0547. The average Bonchev–Trinajstić information content (AvgIpc) is 3.14. The summed E-state index contributed by atoms with van der Waals surface area (Å²) >= 11 is 0. The number of aromatic nitrogens is 2. The highest BCUT2D eigenvalue weighted by Gasteiger charge is 2.48. The second kappa shape index (κ2) is 6.22. The summed E-state index contributed by atoms with van der Waals surface area (Å²) in [5, 5.41) is 16.6. The second-order valence-corrected chi connectivity index (χ2v) is 8.46. The maximum atomic E-state index is 12.8. The molecule has 1 aromatic carbocycles. The Labute approximate surface area is 157 Å². The molecule has 6 nitrogen and oxygen atoms in total. The predicted molar refractivity (Wildman–Crippen MR) is 98.8 cm³/mol. The molecule has 27 heavy (non-hydrogen) atoms. The Balaban J connectivity index is 1.30. The van der Waals surface area contributed by atoms with E-state index in [2.05, 4.69) is 10.4 Å². The number of carboxylic acid groups (broad SMARTS) is 1. The van der Waals surface area contributed by atoms with Gasteiger partial charge in [-0.1, -0.05) is 0 Å². The third-order valence-corrected chi connectivity index (χ3v) is 6.75. The quantitative estimate of drug-likeness (QED) is 0.872. The number of amides is 1. The molecule has 1 heterocycles. The molecule has 0 spiro atoms. The molecule has 2 N–H and O–H groups in total. The fourth-order valence-corrected chi connectivity index (χ4v) is 5.73. The summed E-state index contributed by atoms with van der Waals surface area (Å²) in [4.78, 5) is 23.7. The first kappa shape index (κ1) is 16.5. The topological polar surface area (TPSA) is 84.2 Å². The summed E-state index contributed by atoms with van der Waals surface area (Å²) in [5.74, 6) is 2.04. The van der Waals surface area contributed by atoms with Gasteiger partial charge >= 0.3 is 5.97 Å². The first-order chi connectivity index (χ1) is 13.1. The van der Waals surface area contributed by atoms with Crippen molar-refractivity contribution in [1.82, 2.24) is 15.1 Å². The summed E-state index contributed by atoms with van der Waals surface area (Å²) in [5.41, 5.74) is 1.51. The Kier molecular flexibility index (Phi) is 3.81. The highest BCUT2D eigenvalue weighted by Crippen LogP contribution is 2.53. The molecule has 0 aliphatic heterocycles. The molecule has 4 fully saturated rings. The molecule has 6 heteroatoms. The Hall–Kier alpha value is -2.63. The van der Waals surface area contributed by atoms with Gasteiger partial charge in [0.25, 0.3) is 5.91 Å². The third kappa shape index (κ3) is 2.93. The lowest BCUT2D eigenvalue weighted by Crippen LogP contribution is -2.55. The van der Waals surface area contributed by atoms with Crippen molar-refractivity contribution in [3.8, 4) is 5.69 Å². The molecule has 0 radical (unpaired) electrons. The van der Waals surface area contributed by atoms with Gasteiger partial charge in [0.05, 0.1) is 23.0 Å². The van der Waals surface area contributed by atoms with Crippen molar-refractivity contribution in [3.05, 3.63) is 47.8 Å². The number of rotatable bonds is 4. The van der Waals surface area contributed by atoms with E-state index in [1.165, 1.54) is 44.2 Å². The molecular formula is C21H23N3O3. The summed E-state index contributed by atoms with van der Waals surface area (Å²) in [6, 6.07) is 6.76. The summed E-state index contributed by atoms with van der Waals surface area (Å²) < 4.78 is 1.61. The van der Waals surface area contributed by atoms with Crippen LogP contribution in [-0.2, 0) is 0 Å². The van der Waals surface area contributed by atoms with Gasteiger partial charge in [-0.05, 0) is 80.0 Å². The van der Waals surface area contributed by atoms with E-state index in [-0.39, 0.29) is 11.5 Å². The van der Waals surface area contributed by atoms with Gasteiger partial charge in [0, 0.05) is 12.2 Å². The fraction of sp³-hybridized carbons (Fsp3) is 0.476. The number of carbonyl (C=O) groups is 2. The van der Waals surface area contributed by atoms with Crippen molar-refractivity contribution in [2.75, 3.05) is 0 Å². The van der Waals surface area contributed by atoms with Gasteiger partial charge in [-0.2, -0.15) is 5.10 Å². The van der Waals surface area contributed by atoms with E-state index in [1.807, 2.05) is 0 Å². The number of benzene rings is 1. The first-order valence-electron chi connectivity index (χ1n) is 9.76. The Morgan fingerprint density at radius 1 is 0.963 bits per heavy atom. The zero-order valence-electron chi connectivity index (χ0n) is 15.0. The van der Waals surface area contributed by atoms with Crippen molar-refractivity contribution < 1.29 is 14.7 Å². The first-order valence-corrected chi connectivity index (χ1v) is 9.76. The van der Waals surface area contributed by atoms with Crippen LogP contribution >= 0.6 is 0 Å². The van der Waals surface area contributed by atoms with Gasteiger partial charge in [0.1, 0.15) is 0 Å². The minimum Gasteiger partial charge on any atom is -0.478 e. The van der Waals surface area contributed by atoms with Crippen LogP contribution in [0.1, 0.15) is 52.8 Å². The van der Waals surface area contributed by atoms with Gasteiger partial charge in [-0.25, -0.2) is 9.48 Å². The van der Waals surface area contributed by atoms with E-state index in [0.717, 1.165) is 17.5 Å². The molecule has 140 valence electrons. The molecule has 1 amide bonds. The molecule has 4 aliphatic carbocycles. The number of aromatic carboxylic acids is 1. The molecule has 4 bridgehead atoms. The van der Waals surface area contributed by atoms with Crippen LogP contribution < -0.4 is 5.32 Å². The summed E-state index contributed by atoms with van der Waals surface area (Å²) in [6.45, 7) is 0. The van der Waals surface area contributed by atoms with Crippen LogP contribution in [0.3, 0.4) is 0 Å². The summed E-state index contributed by atoms with van der Waals surface area (Å²) in [7, 11) is 0. The van der Waals surface area contributed by atoms with Gasteiger partial charge in [-0.3, -0.25) is 4.79 Å². The number of nitrogens with one attached hydrogen (secondary N) is 1. The van der Waals surface area contributed by atoms with Gasteiger partial charge in [0.15, 0.2) is 0 Å². The minimum atomic E-state index is -0.960. The number of hydrogen-bond donors (Lipinski definition) is 2. The molecule has 4 aliphatic rings. The van der Waals surface area contributed by atoms with E-state index < -0.39 is 5.97 Å². The monoisotopic (exact) mass is 365 g/mol. The van der Waals surface area contributed by atoms with Crippen LogP contribution in [0.15, 0.2) is 36.7 Å². The van der Waals surface area contributed by atoms with Crippen molar-refractivity contribution in [3.63, 3.8) is 0 Å². The third-order valence-electron chi connectivity index (χ3n) is 6.75. The number of carbonyl (C=O) groups excluding carboxylic acids is 1. The van der Waals surface area contributed by atoms with Crippen molar-refractivity contribution >= 4 is 11.9 Å². The van der Waals surface area contributed by atoms with Gasteiger partial charge < -0.3 is 10.4 Å². The number of carboxylic acids is 1. The standard InChI is InChI=1S/C21H23N3O3/c25-20(23-19-15-6-12-5-13(8-15)9-16(19)7-12)17-10-22-24(11-17)18-3-1-14(2-4-18)21(26)27/h1-4,10-13,15-16,19H,5-9H2,(H,23,25)(H,26,27). The van der Waals surface area contributed by atoms with Crippen LogP contribution in [-0.4, -0.2) is 32.8 Å². The zero-order chi connectivity index (χ0) is 18.5. The normalized spacial score (nSPS) is 31.0. The Morgan fingerprint density at radius 2 is 1.59 bits per heavy atom. The molecule has 0 atom stereocenters. The fourth-order valence-electron chi connectivity index (χ4n) is 5.73. The lowest BCUT2D eigenvalue weighted by molar-refractivity contribution is -0.0119. The SMILES string of the molecule is O=C(O)c1ccc(-n2cc(C(=O)NC3C4CC5CC(C4)CC3C5)cn2)cc1. The van der Waals surface area contributed by atoms with E-state index in [1.54, 1.807) is 29.2 Å². The Morgan fingerprint density at radius 3 is 2.19 bits per heavy atom. The van der Waals surface area contributed by atoms with Crippen molar-refractivity contribution in [2.45, 2.75) is 38.1 Å². The lowest BCUT2D eigenvalue weighted by atomic mass is 9.54. The van der Waals surface area contributed by atoms with Crippen LogP contribution in [0.4, 0.5) is 0 Å². The highest BCUT2D eigenvalue weighted by atomic mass is 16.4. The smallest absolute Gasteiger partial charge is 0.335 e. The molecule has 2 aromatic rings.